The molecule has 1 aromatic rings. The van der Waals surface area contributed by atoms with Crippen molar-refractivity contribution < 1.29 is 18.3 Å². The predicted octanol–water partition coefficient (Wildman–Crippen LogP) is 3.56. The summed E-state index contributed by atoms with van der Waals surface area (Å²) in [7, 11) is 0. The van der Waals surface area contributed by atoms with E-state index in [0.29, 0.717) is 15.6 Å². The topological polar surface area (TPSA) is 26.3 Å². The van der Waals surface area contributed by atoms with Crippen LogP contribution >= 0.6 is 15.9 Å². The zero-order chi connectivity index (χ0) is 11.6. The molecule has 0 aliphatic carbocycles. The SMILES string of the molecule is CC(=O)c1c(Br)ccc(OC(F)F)c1C. The van der Waals surface area contributed by atoms with Crippen LogP contribution in [-0.4, -0.2) is 12.4 Å². The number of hydrogen-bond acceptors (Lipinski definition) is 2. The molecule has 0 aromatic heterocycles. The van der Waals surface area contributed by atoms with E-state index in [1.165, 1.54) is 19.1 Å². The molecule has 1 aromatic carbocycles. The van der Waals surface area contributed by atoms with E-state index in [2.05, 4.69) is 20.7 Å². The molecular weight excluding hydrogens is 270 g/mol. The highest BCUT2D eigenvalue weighted by molar-refractivity contribution is 9.10. The largest absolute Gasteiger partial charge is 0.435 e. The van der Waals surface area contributed by atoms with Gasteiger partial charge in [-0.25, -0.2) is 0 Å². The molecule has 1 rings (SSSR count). The standard InChI is InChI=1S/C10H9BrF2O2/c1-5-8(15-10(12)13)4-3-7(11)9(5)6(2)14/h3-4,10H,1-2H3. The zero-order valence-corrected chi connectivity index (χ0v) is 9.77. The van der Waals surface area contributed by atoms with Crippen molar-refractivity contribution in [1.82, 2.24) is 0 Å². The third-order valence-corrected chi connectivity index (χ3v) is 2.59. The summed E-state index contributed by atoms with van der Waals surface area (Å²) in [4.78, 5) is 11.3. The maximum absolute atomic E-state index is 12.0. The quantitative estimate of drug-likeness (QED) is 0.791. The summed E-state index contributed by atoms with van der Waals surface area (Å²) in [5.74, 6) is -0.169. The number of halogens is 3. The average Bonchev–Trinajstić information content (AvgIpc) is 2.09. The fraction of sp³-hybridized carbons (Fsp3) is 0.300. The van der Waals surface area contributed by atoms with Crippen LogP contribution in [0.2, 0.25) is 0 Å². The lowest BCUT2D eigenvalue weighted by Crippen LogP contribution is -2.06. The van der Waals surface area contributed by atoms with Gasteiger partial charge in [0.15, 0.2) is 5.78 Å². The molecule has 0 amide bonds. The fourth-order valence-corrected chi connectivity index (χ4v) is 2.02. The van der Waals surface area contributed by atoms with E-state index in [-0.39, 0.29) is 11.5 Å². The highest BCUT2D eigenvalue weighted by Crippen LogP contribution is 2.29. The summed E-state index contributed by atoms with van der Waals surface area (Å²) in [5, 5.41) is 0. The van der Waals surface area contributed by atoms with Gasteiger partial charge in [-0.1, -0.05) is 15.9 Å². The smallest absolute Gasteiger partial charge is 0.387 e. The van der Waals surface area contributed by atoms with Crippen LogP contribution < -0.4 is 4.74 Å². The molecule has 0 spiro atoms. The number of rotatable bonds is 3. The van der Waals surface area contributed by atoms with Crippen molar-refractivity contribution in [1.29, 1.82) is 0 Å². The molecular formula is C10H9BrF2O2. The minimum absolute atomic E-state index is 0.0263. The first-order valence-corrected chi connectivity index (χ1v) is 4.97. The first-order chi connectivity index (χ1) is 6.93. The van der Waals surface area contributed by atoms with Crippen LogP contribution in [0.4, 0.5) is 8.78 Å². The van der Waals surface area contributed by atoms with Gasteiger partial charge in [0.25, 0.3) is 0 Å². The summed E-state index contributed by atoms with van der Waals surface area (Å²) >= 11 is 3.18. The van der Waals surface area contributed by atoms with Crippen molar-refractivity contribution in [3.05, 3.63) is 27.7 Å². The predicted molar refractivity (Wildman–Crippen MR) is 55.5 cm³/mol. The van der Waals surface area contributed by atoms with E-state index in [1.54, 1.807) is 6.92 Å². The Balaban J connectivity index is 3.22. The Hall–Kier alpha value is -0.970. The Morgan fingerprint density at radius 3 is 2.53 bits per heavy atom. The minimum atomic E-state index is -2.88. The van der Waals surface area contributed by atoms with Gasteiger partial charge in [0.2, 0.25) is 0 Å². The first kappa shape index (κ1) is 12.1. The van der Waals surface area contributed by atoms with Gasteiger partial charge < -0.3 is 4.74 Å². The Morgan fingerprint density at radius 2 is 2.07 bits per heavy atom. The highest BCUT2D eigenvalue weighted by Gasteiger charge is 2.15. The molecule has 5 heteroatoms. The van der Waals surface area contributed by atoms with E-state index in [1.807, 2.05) is 0 Å². The number of carbonyl (C=O) groups excluding carboxylic acids is 1. The summed E-state index contributed by atoms with van der Waals surface area (Å²) in [6.07, 6.45) is 0. The molecule has 0 aliphatic heterocycles. The van der Waals surface area contributed by atoms with Crippen LogP contribution in [0.1, 0.15) is 22.8 Å². The van der Waals surface area contributed by atoms with Crippen molar-refractivity contribution in [3.63, 3.8) is 0 Å². The number of benzene rings is 1. The van der Waals surface area contributed by atoms with E-state index >= 15 is 0 Å². The van der Waals surface area contributed by atoms with Crippen molar-refractivity contribution in [2.75, 3.05) is 0 Å². The Morgan fingerprint density at radius 1 is 1.47 bits per heavy atom. The molecule has 2 nitrogen and oxygen atoms in total. The van der Waals surface area contributed by atoms with Crippen LogP contribution in [0, 0.1) is 6.92 Å². The molecule has 15 heavy (non-hydrogen) atoms. The van der Waals surface area contributed by atoms with Crippen molar-refractivity contribution in [3.8, 4) is 5.75 Å². The molecule has 82 valence electrons. The molecule has 0 fully saturated rings. The van der Waals surface area contributed by atoms with E-state index in [4.69, 9.17) is 0 Å². The molecule has 0 N–H and O–H groups in total. The third kappa shape index (κ3) is 2.75. The third-order valence-electron chi connectivity index (χ3n) is 1.93. The molecule has 0 atom stereocenters. The zero-order valence-electron chi connectivity index (χ0n) is 8.18. The lowest BCUT2D eigenvalue weighted by atomic mass is 10.0. The number of ether oxygens (including phenoxy) is 1. The van der Waals surface area contributed by atoms with E-state index in [9.17, 15) is 13.6 Å². The molecule has 0 unspecified atom stereocenters. The van der Waals surface area contributed by atoms with Crippen molar-refractivity contribution in [2.45, 2.75) is 20.5 Å². The number of hydrogen-bond donors (Lipinski definition) is 0. The summed E-state index contributed by atoms with van der Waals surface area (Å²) in [5.41, 5.74) is 0.783. The molecule has 0 radical (unpaired) electrons. The van der Waals surface area contributed by atoms with Gasteiger partial charge in [-0.2, -0.15) is 8.78 Å². The van der Waals surface area contributed by atoms with Gasteiger partial charge >= 0.3 is 6.61 Å². The minimum Gasteiger partial charge on any atom is -0.435 e. The molecule has 0 saturated carbocycles. The molecule has 0 heterocycles. The fourth-order valence-electron chi connectivity index (χ4n) is 1.32. The van der Waals surface area contributed by atoms with Gasteiger partial charge in [-0.05, 0) is 26.0 Å². The van der Waals surface area contributed by atoms with Crippen LogP contribution in [-0.2, 0) is 0 Å². The van der Waals surface area contributed by atoms with Gasteiger partial charge in [0.05, 0.1) is 0 Å². The Labute approximate surface area is 94.4 Å². The normalized spacial score (nSPS) is 10.5. The summed E-state index contributed by atoms with van der Waals surface area (Å²) in [6, 6.07) is 2.92. The van der Waals surface area contributed by atoms with Gasteiger partial charge in [-0.3, -0.25) is 4.79 Å². The van der Waals surface area contributed by atoms with Gasteiger partial charge in [0, 0.05) is 15.6 Å². The van der Waals surface area contributed by atoms with Crippen LogP contribution in [0.25, 0.3) is 0 Å². The highest BCUT2D eigenvalue weighted by atomic mass is 79.9. The van der Waals surface area contributed by atoms with Crippen LogP contribution in [0.3, 0.4) is 0 Å². The lowest BCUT2D eigenvalue weighted by molar-refractivity contribution is -0.0503. The van der Waals surface area contributed by atoms with E-state index < -0.39 is 6.61 Å². The molecule has 0 aliphatic rings. The second-order valence-electron chi connectivity index (χ2n) is 2.98. The molecule has 0 bridgehead atoms. The Bertz CT molecular complexity index is 391. The monoisotopic (exact) mass is 278 g/mol. The number of alkyl halides is 2. The van der Waals surface area contributed by atoms with Crippen molar-refractivity contribution in [2.24, 2.45) is 0 Å². The first-order valence-electron chi connectivity index (χ1n) is 4.18. The maximum atomic E-state index is 12.0. The van der Waals surface area contributed by atoms with Crippen LogP contribution in [0.15, 0.2) is 16.6 Å². The van der Waals surface area contributed by atoms with Crippen molar-refractivity contribution >= 4 is 21.7 Å². The molecule has 0 saturated heterocycles. The number of Topliss-reactive ketones (excluding diaryl/α,β-unsaturated/α-hetero) is 1. The van der Waals surface area contributed by atoms with Crippen LogP contribution in [0.5, 0.6) is 5.75 Å². The Kier molecular flexibility index (Phi) is 3.79. The number of ketones is 1. The van der Waals surface area contributed by atoms with Gasteiger partial charge in [0.1, 0.15) is 5.75 Å². The summed E-state index contributed by atoms with van der Waals surface area (Å²) < 4.78 is 28.9. The van der Waals surface area contributed by atoms with E-state index in [0.717, 1.165) is 0 Å². The lowest BCUT2D eigenvalue weighted by Gasteiger charge is -2.11. The maximum Gasteiger partial charge on any atom is 0.387 e. The number of carbonyl (C=O) groups is 1. The average molecular weight is 279 g/mol. The second-order valence-corrected chi connectivity index (χ2v) is 3.83. The van der Waals surface area contributed by atoms with Gasteiger partial charge in [-0.15, -0.1) is 0 Å². The second kappa shape index (κ2) is 4.70. The summed E-state index contributed by atoms with van der Waals surface area (Å²) in [6.45, 7) is 0.0584.